The van der Waals surface area contributed by atoms with Crippen LogP contribution < -0.4 is 10.6 Å². The molecule has 3 N–H and O–H groups in total. The molecule has 5 heteroatoms. The van der Waals surface area contributed by atoms with E-state index in [-0.39, 0.29) is 13.2 Å². The molecule has 4 nitrogen and oxygen atoms in total. The molecule has 0 atom stereocenters. The van der Waals surface area contributed by atoms with Gasteiger partial charge in [-0.1, -0.05) is 17.7 Å². The Hall–Kier alpha value is -1.26. The second-order valence-corrected chi connectivity index (χ2v) is 3.85. The van der Waals surface area contributed by atoms with Crippen molar-refractivity contribution in [2.75, 3.05) is 18.0 Å². The van der Waals surface area contributed by atoms with Gasteiger partial charge in [-0.25, -0.2) is 0 Å². The smallest absolute Gasteiger partial charge is 0.236 e. The van der Waals surface area contributed by atoms with E-state index in [0.29, 0.717) is 11.6 Å². The first-order chi connectivity index (χ1) is 7.58. The lowest BCUT2D eigenvalue weighted by Crippen LogP contribution is -2.34. The highest BCUT2D eigenvalue weighted by Crippen LogP contribution is 2.24. The molecule has 0 aliphatic rings. The third kappa shape index (κ3) is 3.12. The maximum absolute atomic E-state index is 10.9. The number of carbonyl (C=O) groups excluding carboxylic acids is 1. The first kappa shape index (κ1) is 12.8. The summed E-state index contributed by atoms with van der Waals surface area (Å²) in [6, 6.07) is 5.16. The molecule has 0 aromatic heterocycles. The van der Waals surface area contributed by atoms with Crippen LogP contribution in [0.1, 0.15) is 12.5 Å². The van der Waals surface area contributed by atoms with Crippen LogP contribution in [0.2, 0.25) is 5.02 Å². The maximum Gasteiger partial charge on any atom is 0.236 e. The van der Waals surface area contributed by atoms with Gasteiger partial charge in [0.05, 0.1) is 13.2 Å². The van der Waals surface area contributed by atoms with Gasteiger partial charge in [0.25, 0.3) is 0 Å². The molecule has 0 saturated carbocycles. The van der Waals surface area contributed by atoms with E-state index in [2.05, 4.69) is 0 Å². The monoisotopic (exact) mass is 242 g/mol. The topological polar surface area (TPSA) is 66.6 Å². The number of aliphatic hydroxyl groups excluding tert-OH is 1. The first-order valence-electron chi connectivity index (χ1n) is 5.01. The Morgan fingerprint density at radius 1 is 1.56 bits per heavy atom. The quantitative estimate of drug-likeness (QED) is 0.814. The molecule has 1 aromatic carbocycles. The predicted molar refractivity (Wildman–Crippen MR) is 64.5 cm³/mol. The van der Waals surface area contributed by atoms with Gasteiger partial charge in [0, 0.05) is 22.8 Å². The van der Waals surface area contributed by atoms with Crippen molar-refractivity contribution in [2.24, 2.45) is 5.73 Å². The Labute approximate surface area is 99.6 Å². The van der Waals surface area contributed by atoms with Crippen LogP contribution in [-0.2, 0) is 11.4 Å². The van der Waals surface area contributed by atoms with Crippen molar-refractivity contribution in [3.05, 3.63) is 28.8 Å². The van der Waals surface area contributed by atoms with Crippen LogP contribution >= 0.6 is 11.6 Å². The summed E-state index contributed by atoms with van der Waals surface area (Å²) in [6.45, 7) is 2.55. The number of hydrogen-bond donors (Lipinski definition) is 2. The number of benzene rings is 1. The summed E-state index contributed by atoms with van der Waals surface area (Å²) in [6.07, 6.45) is 0. The predicted octanol–water partition coefficient (Wildman–Crippen LogP) is 1.14. The molecule has 0 spiro atoms. The van der Waals surface area contributed by atoms with Crippen LogP contribution in [-0.4, -0.2) is 24.1 Å². The molecule has 0 saturated heterocycles. The fourth-order valence-electron chi connectivity index (χ4n) is 1.52. The average Bonchev–Trinajstić information content (AvgIpc) is 2.25. The number of amides is 1. The molecule has 0 heterocycles. The van der Waals surface area contributed by atoms with Gasteiger partial charge in [-0.3, -0.25) is 4.79 Å². The number of rotatable bonds is 5. The van der Waals surface area contributed by atoms with Crippen LogP contribution in [0.15, 0.2) is 18.2 Å². The molecule has 0 aliphatic heterocycles. The van der Waals surface area contributed by atoms with E-state index in [1.54, 1.807) is 23.1 Å². The number of anilines is 1. The molecule has 0 bridgehead atoms. The van der Waals surface area contributed by atoms with Gasteiger partial charge < -0.3 is 15.7 Å². The number of likely N-dealkylation sites (N-methyl/N-ethyl adjacent to an activating group) is 1. The lowest BCUT2D eigenvalue weighted by molar-refractivity contribution is -0.116. The van der Waals surface area contributed by atoms with Crippen LogP contribution in [0.4, 0.5) is 5.69 Å². The van der Waals surface area contributed by atoms with Crippen molar-refractivity contribution in [3.63, 3.8) is 0 Å². The third-order valence-corrected chi connectivity index (χ3v) is 2.52. The van der Waals surface area contributed by atoms with Gasteiger partial charge in [0.1, 0.15) is 0 Å². The maximum atomic E-state index is 10.9. The summed E-state index contributed by atoms with van der Waals surface area (Å²) in [7, 11) is 0. The first-order valence-corrected chi connectivity index (χ1v) is 5.38. The zero-order valence-electron chi connectivity index (χ0n) is 9.11. The van der Waals surface area contributed by atoms with Crippen LogP contribution in [0, 0.1) is 0 Å². The molecule has 1 aromatic rings. The standard InChI is InChI=1S/C11H15ClN2O2/c1-2-14(6-11(13)16)10-5-9(12)4-3-8(10)7-15/h3-5,15H,2,6-7H2,1H3,(H2,13,16). The molecule has 0 unspecified atom stereocenters. The Morgan fingerprint density at radius 3 is 2.75 bits per heavy atom. The molecular formula is C11H15ClN2O2. The highest BCUT2D eigenvalue weighted by molar-refractivity contribution is 6.30. The number of nitrogens with two attached hydrogens (primary N) is 1. The van der Waals surface area contributed by atoms with Gasteiger partial charge in [-0.2, -0.15) is 0 Å². The minimum absolute atomic E-state index is 0.0955. The number of primary amides is 1. The van der Waals surface area contributed by atoms with E-state index >= 15 is 0 Å². The van der Waals surface area contributed by atoms with Crippen molar-refractivity contribution in [1.82, 2.24) is 0 Å². The molecule has 16 heavy (non-hydrogen) atoms. The van der Waals surface area contributed by atoms with Gasteiger partial charge in [-0.15, -0.1) is 0 Å². The molecule has 1 amide bonds. The van der Waals surface area contributed by atoms with Crippen LogP contribution in [0.5, 0.6) is 0 Å². The highest BCUT2D eigenvalue weighted by Gasteiger charge is 2.12. The van der Waals surface area contributed by atoms with E-state index in [0.717, 1.165) is 11.3 Å². The summed E-state index contributed by atoms with van der Waals surface area (Å²) in [5.41, 5.74) is 6.64. The zero-order valence-corrected chi connectivity index (χ0v) is 9.87. The van der Waals surface area contributed by atoms with E-state index < -0.39 is 5.91 Å². The van der Waals surface area contributed by atoms with E-state index in [4.69, 9.17) is 17.3 Å². The van der Waals surface area contributed by atoms with E-state index in [1.165, 1.54) is 0 Å². The number of aliphatic hydroxyl groups is 1. The Balaban J connectivity index is 3.06. The molecule has 0 fully saturated rings. The Bertz CT molecular complexity index is 382. The van der Waals surface area contributed by atoms with Crippen molar-refractivity contribution < 1.29 is 9.90 Å². The second-order valence-electron chi connectivity index (χ2n) is 3.41. The molecular weight excluding hydrogens is 228 g/mol. The third-order valence-electron chi connectivity index (χ3n) is 2.29. The number of hydrogen-bond acceptors (Lipinski definition) is 3. The average molecular weight is 243 g/mol. The molecule has 88 valence electrons. The van der Waals surface area contributed by atoms with E-state index in [1.807, 2.05) is 6.92 Å². The van der Waals surface area contributed by atoms with Crippen molar-refractivity contribution in [1.29, 1.82) is 0 Å². The van der Waals surface area contributed by atoms with Crippen molar-refractivity contribution >= 4 is 23.2 Å². The van der Waals surface area contributed by atoms with Gasteiger partial charge in [0.15, 0.2) is 0 Å². The Kier molecular flexibility index (Phi) is 4.58. The van der Waals surface area contributed by atoms with Gasteiger partial charge in [0.2, 0.25) is 5.91 Å². The normalized spacial score (nSPS) is 10.2. The summed E-state index contributed by atoms with van der Waals surface area (Å²) in [5, 5.41) is 9.77. The Morgan fingerprint density at radius 2 is 2.25 bits per heavy atom. The summed E-state index contributed by atoms with van der Waals surface area (Å²) < 4.78 is 0. The van der Waals surface area contributed by atoms with Gasteiger partial charge in [-0.05, 0) is 19.1 Å². The summed E-state index contributed by atoms with van der Waals surface area (Å²) >= 11 is 5.89. The molecule has 0 radical (unpaired) electrons. The molecule has 0 aliphatic carbocycles. The van der Waals surface area contributed by atoms with Crippen molar-refractivity contribution in [2.45, 2.75) is 13.5 Å². The second kappa shape index (κ2) is 5.72. The minimum Gasteiger partial charge on any atom is -0.392 e. The van der Waals surface area contributed by atoms with E-state index in [9.17, 15) is 9.90 Å². The van der Waals surface area contributed by atoms with Crippen molar-refractivity contribution in [3.8, 4) is 0 Å². The van der Waals surface area contributed by atoms with Crippen LogP contribution in [0.3, 0.4) is 0 Å². The van der Waals surface area contributed by atoms with Gasteiger partial charge >= 0.3 is 0 Å². The number of halogens is 1. The highest BCUT2D eigenvalue weighted by atomic mass is 35.5. The number of nitrogens with zero attached hydrogens (tertiary/aromatic N) is 1. The molecule has 1 rings (SSSR count). The fraction of sp³-hybridized carbons (Fsp3) is 0.364. The fourth-order valence-corrected chi connectivity index (χ4v) is 1.69. The lowest BCUT2D eigenvalue weighted by Gasteiger charge is -2.24. The SMILES string of the molecule is CCN(CC(N)=O)c1cc(Cl)ccc1CO. The summed E-state index contributed by atoms with van der Waals surface area (Å²) in [4.78, 5) is 12.7. The largest absolute Gasteiger partial charge is 0.392 e. The summed E-state index contributed by atoms with van der Waals surface area (Å²) in [5.74, 6) is -0.411. The van der Waals surface area contributed by atoms with Crippen LogP contribution in [0.25, 0.3) is 0 Å². The minimum atomic E-state index is -0.411. The number of carbonyl (C=O) groups is 1. The lowest BCUT2D eigenvalue weighted by atomic mass is 10.1. The zero-order chi connectivity index (χ0) is 12.1.